The molecule has 0 spiro atoms. The van der Waals surface area contributed by atoms with E-state index in [1.54, 1.807) is 18.2 Å². The van der Waals surface area contributed by atoms with Crippen molar-refractivity contribution in [2.24, 2.45) is 0 Å². The highest BCUT2D eigenvalue weighted by molar-refractivity contribution is 6.05. The van der Waals surface area contributed by atoms with Crippen LogP contribution in [0.3, 0.4) is 0 Å². The Hall–Kier alpha value is -4.46. The third-order valence-corrected chi connectivity index (χ3v) is 4.68. The number of benzene rings is 2. The summed E-state index contributed by atoms with van der Waals surface area (Å²) in [6, 6.07) is 19.4. The highest BCUT2D eigenvalue weighted by atomic mass is 19.1. The van der Waals surface area contributed by atoms with Gasteiger partial charge in [-0.1, -0.05) is 30.3 Å². The van der Waals surface area contributed by atoms with Crippen molar-refractivity contribution in [2.75, 3.05) is 10.6 Å². The van der Waals surface area contributed by atoms with Gasteiger partial charge in [-0.25, -0.2) is 9.37 Å². The fourth-order valence-electron chi connectivity index (χ4n) is 3.14. The molecular weight excluding hydrogens is 411 g/mol. The maximum absolute atomic E-state index is 14.9. The normalized spacial score (nSPS) is 10.5. The summed E-state index contributed by atoms with van der Waals surface area (Å²) >= 11 is 0. The van der Waals surface area contributed by atoms with Gasteiger partial charge in [-0.3, -0.25) is 9.59 Å². The molecule has 4 aromatic rings. The lowest BCUT2D eigenvalue weighted by Crippen LogP contribution is -2.34. The number of nitrogens with zero attached hydrogens (tertiary/aromatic N) is 2. The van der Waals surface area contributed by atoms with E-state index in [0.717, 1.165) is 5.56 Å². The molecule has 0 fully saturated rings. The maximum Gasteiger partial charge on any atom is 0.264 e. The number of nitrogen functional groups attached to an aromatic ring is 1. The Kier molecular flexibility index (Phi) is 5.94. The summed E-state index contributed by atoms with van der Waals surface area (Å²) in [4.78, 5) is 33.1. The summed E-state index contributed by atoms with van der Waals surface area (Å²) in [5.74, 6) is -0.690. The van der Waals surface area contributed by atoms with Gasteiger partial charge in [-0.05, 0) is 35.9 Å². The number of anilines is 2. The number of H-pyrrole nitrogens is 1. The molecule has 8 heteroatoms. The average Bonchev–Trinajstić information content (AvgIpc) is 2.79. The number of aromatic nitrogens is 2. The first kappa shape index (κ1) is 20.8. The minimum atomic E-state index is -0.675. The smallest absolute Gasteiger partial charge is 0.264 e. The Morgan fingerprint density at radius 3 is 2.59 bits per heavy atom. The molecule has 3 N–H and O–H groups in total. The lowest BCUT2D eigenvalue weighted by molar-refractivity contribution is 0.0983. The summed E-state index contributed by atoms with van der Waals surface area (Å²) in [7, 11) is 0. The number of hydrogen-bond acceptors (Lipinski definition) is 5. The summed E-state index contributed by atoms with van der Waals surface area (Å²) < 4.78 is 20.5. The van der Waals surface area contributed by atoms with Crippen LogP contribution in [0.2, 0.25) is 0 Å². The van der Waals surface area contributed by atoms with Crippen LogP contribution in [-0.2, 0) is 6.54 Å². The number of ether oxygens (including phenoxy) is 1. The average molecular weight is 430 g/mol. The predicted molar refractivity (Wildman–Crippen MR) is 119 cm³/mol. The molecule has 0 radical (unpaired) electrons. The second-order valence-electron chi connectivity index (χ2n) is 6.92. The van der Waals surface area contributed by atoms with E-state index in [2.05, 4.69) is 9.97 Å². The fourth-order valence-corrected chi connectivity index (χ4v) is 3.14. The second-order valence-corrected chi connectivity index (χ2v) is 6.92. The van der Waals surface area contributed by atoms with Crippen molar-refractivity contribution in [3.63, 3.8) is 0 Å². The number of halogens is 1. The van der Waals surface area contributed by atoms with Crippen LogP contribution in [0.4, 0.5) is 15.9 Å². The molecule has 2 aromatic heterocycles. The Morgan fingerprint density at radius 1 is 1.06 bits per heavy atom. The fraction of sp³-hybridized carbons (Fsp3) is 0.0417. The van der Waals surface area contributed by atoms with Crippen molar-refractivity contribution in [1.82, 2.24) is 9.97 Å². The molecule has 160 valence electrons. The van der Waals surface area contributed by atoms with Gasteiger partial charge in [0.1, 0.15) is 17.1 Å². The summed E-state index contributed by atoms with van der Waals surface area (Å²) in [5.41, 5.74) is 6.16. The monoisotopic (exact) mass is 430 g/mol. The number of carbonyl (C=O) groups is 1. The largest absolute Gasteiger partial charge is 0.454 e. The topological polar surface area (TPSA) is 101 Å². The van der Waals surface area contributed by atoms with Crippen LogP contribution in [0.25, 0.3) is 0 Å². The lowest BCUT2D eigenvalue weighted by atomic mass is 10.1. The summed E-state index contributed by atoms with van der Waals surface area (Å²) in [6.07, 6.45) is 2.90. The van der Waals surface area contributed by atoms with Crippen LogP contribution in [0.15, 0.2) is 90.0 Å². The van der Waals surface area contributed by atoms with E-state index < -0.39 is 17.3 Å². The van der Waals surface area contributed by atoms with E-state index in [9.17, 15) is 14.0 Å². The Labute approximate surface area is 182 Å². The van der Waals surface area contributed by atoms with Gasteiger partial charge in [-0.2, -0.15) is 0 Å². The molecule has 0 unspecified atom stereocenters. The second kappa shape index (κ2) is 9.13. The van der Waals surface area contributed by atoms with Gasteiger partial charge in [0.15, 0.2) is 11.6 Å². The first-order chi connectivity index (χ1) is 15.5. The molecular formula is C24H19FN4O3. The molecule has 2 heterocycles. The molecule has 2 aromatic carbocycles. The molecule has 0 saturated heterocycles. The van der Waals surface area contributed by atoms with E-state index in [-0.39, 0.29) is 29.4 Å². The van der Waals surface area contributed by atoms with E-state index in [0.29, 0.717) is 5.75 Å². The van der Waals surface area contributed by atoms with Crippen LogP contribution in [0.1, 0.15) is 15.9 Å². The van der Waals surface area contributed by atoms with Crippen LogP contribution in [-0.4, -0.2) is 15.9 Å². The van der Waals surface area contributed by atoms with Crippen LogP contribution in [0, 0.1) is 5.82 Å². The zero-order chi connectivity index (χ0) is 22.5. The molecule has 0 aliphatic rings. The van der Waals surface area contributed by atoms with Crippen LogP contribution < -0.4 is 20.9 Å². The number of hydrogen-bond donors (Lipinski definition) is 2. The number of amides is 1. The van der Waals surface area contributed by atoms with Crippen molar-refractivity contribution >= 4 is 17.4 Å². The molecule has 4 rings (SSSR count). The highest BCUT2D eigenvalue weighted by Gasteiger charge is 2.22. The Morgan fingerprint density at radius 2 is 1.88 bits per heavy atom. The van der Waals surface area contributed by atoms with Gasteiger partial charge in [-0.15, -0.1) is 0 Å². The number of nitrogens with one attached hydrogen (secondary N) is 1. The molecule has 0 aliphatic heterocycles. The number of aromatic amines is 1. The van der Waals surface area contributed by atoms with Crippen molar-refractivity contribution in [3.05, 3.63) is 112 Å². The van der Waals surface area contributed by atoms with Crippen LogP contribution >= 0.6 is 0 Å². The van der Waals surface area contributed by atoms with Crippen LogP contribution in [0.5, 0.6) is 11.5 Å². The van der Waals surface area contributed by atoms with E-state index in [1.807, 2.05) is 30.3 Å². The third kappa shape index (κ3) is 4.65. The minimum Gasteiger partial charge on any atom is -0.454 e. The van der Waals surface area contributed by atoms with Gasteiger partial charge in [0, 0.05) is 30.2 Å². The molecule has 32 heavy (non-hydrogen) atoms. The standard InChI is InChI=1S/C24H19FN4O3/c25-20-13-17(8-9-21(20)32-18-10-12-27-22(26)14-18)29(15-16-5-2-1-3-6-16)24(31)19-7-4-11-28-23(19)30/h1-14H,15H2,(H2,26,27)(H,28,30). The molecule has 0 atom stereocenters. The van der Waals surface area contributed by atoms with Crippen molar-refractivity contribution in [1.29, 1.82) is 0 Å². The van der Waals surface area contributed by atoms with Crippen molar-refractivity contribution < 1.29 is 13.9 Å². The van der Waals surface area contributed by atoms with Gasteiger partial charge in [0.05, 0.1) is 6.54 Å². The summed E-state index contributed by atoms with van der Waals surface area (Å²) in [5, 5.41) is 0. The number of nitrogens with two attached hydrogens (primary N) is 1. The summed E-state index contributed by atoms with van der Waals surface area (Å²) in [6.45, 7) is 0.147. The molecule has 7 nitrogen and oxygen atoms in total. The molecule has 0 saturated carbocycles. The number of carbonyl (C=O) groups excluding carboxylic acids is 1. The first-order valence-corrected chi connectivity index (χ1v) is 9.74. The third-order valence-electron chi connectivity index (χ3n) is 4.68. The number of pyridine rings is 2. The number of rotatable bonds is 6. The Bertz CT molecular complexity index is 1310. The minimum absolute atomic E-state index is 0.0379. The van der Waals surface area contributed by atoms with Crippen molar-refractivity contribution in [2.45, 2.75) is 6.54 Å². The zero-order valence-electron chi connectivity index (χ0n) is 16.9. The molecule has 0 bridgehead atoms. The zero-order valence-corrected chi connectivity index (χ0v) is 16.9. The first-order valence-electron chi connectivity index (χ1n) is 9.74. The van der Waals surface area contributed by atoms with E-state index in [4.69, 9.17) is 10.5 Å². The molecule has 1 amide bonds. The predicted octanol–water partition coefficient (Wildman–Crippen LogP) is 4.13. The molecule has 0 aliphatic carbocycles. The van der Waals surface area contributed by atoms with E-state index >= 15 is 0 Å². The Balaban J connectivity index is 1.69. The van der Waals surface area contributed by atoms with Crippen molar-refractivity contribution in [3.8, 4) is 11.5 Å². The van der Waals surface area contributed by atoms with Gasteiger partial charge >= 0.3 is 0 Å². The quantitative estimate of drug-likeness (QED) is 0.479. The van der Waals surface area contributed by atoms with Gasteiger partial charge in [0.25, 0.3) is 11.5 Å². The lowest BCUT2D eigenvalue weighted by Gasteiger charge is -2.23. The van der Waals surface area contributed by atoms with E-state index in [1.165, 1.54) is 41.6 Å². The van der Waals surface area contributed by atoms with Gasteiger partial charge < -0.3 is 20.4 Å². The SMILES string of the molecule is Nc1cc(Oc2ccc(N(Cc3ccccc3)C(=O)c3ccc[nH]c3=O)cc2F)ccn1. The van der Waals surface area contributed by atoms with Gasteiger partial charge in [0.2, 0.25) is 0 Å². The highest BCUT2D eigenvalue weighted by Crippen LogP contribution is 2.29. The maximum atomic E-state index is 14.9.